The number of methoxy groups -OCH3 is 1. The molecule has 1 aliphatic rings. The molecule has 1 saturated heterocycles. The third-order valence-electron chi connectivity index (χ3n) is 4.93. The first-order valence-corrected chi connectivity index (χ1v) is 10.0. The molecule has 0 aliphatic carbocycles. The number of halogens is 3. The Labute approximate surface area is 179 Å². The standard InChI is InChI=1S/C20H22Cl3N3O2/c1-27-18-5-3-14(11-17(18)23)26-19(24)25-12-20(6-8-28-9-7-20)15-4-2-13(21)10-16(15)22/h2-5,10-11H,6-9,12H2,1H3,(H3,24,25,26). The highest BCUT2D eigenvalue weighted by atomic mass is 35.5. The van der Waals surface area contributed by atoms with Crippen molar-refractivity contribution in [3.05, 3.63) is 57.0 Å². The highest BCUT2D eigenvalue weighted by Gasteiger charge is 2.36. The molecule has 1 fully saturated rings. The number of hydrogen-bond acceptors (Lipinski definition) is 3. The SMILES string of the molecule is COc1ccc(NC(N)=NCC2(c3ccc(Cl)cc3Cl)CCOCC2)cc1Cl. The van der Waals surface area contributed by atoms with Crippen molar-refractivity contribution < 1.29 is 9.47 Å². The molecule has 0 unspecified atom stereocenters. The molecule has 3 rings (SSSR count). The lowest BCUT2D eigenvalue weighted by Crippen LogP contribution is -2.38. The summed E-state index contributed by atoms with van der Waals surface area (Å²) in [5, 5.41) is 4.81. The van der Waals surface area contributed by atoms with Crippen molar-refractivity contribution in [1.82, 2.24) is 0 Å². The van der Waals surface area contributed by atoms with Crippen molar-refractivity contribution in [2.75, 3.05) is 32.2 Å². The molecule has 1 aliphatic heterocycles. The third kappa shape index (κ3) is 4.84. The van der Waals surface area contributed by atoms with Crippen LogP contribution in [0.25, 0.3) is 0 Å². The van der Waals surface area contributed by atoms with E-state index in [9.17, 15) is 0 Å². The van der Waals surface area contributed by atoms with Gasteiger partial charge in [0.05, 0.1) is 18.7 Å². The monoisotopic (exact) mass is 441 g/mol. The van der Waals surface area contributed by atoms with E-state index in [0.29, 0.717) is 46.5 Å². The van der Waals surface area contributed by atoms with Crippen LogP contribution >= 0.6 is 34.8 Å². The number of guanidine groups is 1. The molecule has 0 radical (unpaired) electrons. The van der Waals surface area contributed by atoms with E-state index in [1.807, 2.05) is 18.2 Å². The smallest absolute Gasteiger partial charge is 0.193 e. The number of nitrogens with two attached hydrogens (primary N) is 1. The van der Waals surface area contributed by atoms with E-state index in [-0.39, 0.29) is 5.41 Å². The Bertz CT molecular complexity index is 868. The molecule has 0 amide bonds. The van der Waals surface area contributed by atoms with Gasteiger partial charge in [-0.05, 0) is 48.7 Å². The van der Waals surface area contributed by atoms with Gasteiger partial charge in [-0.15, -0.1) is 0 Å². The number of anilines is 1. The molecule has 28 heavy (non-hydrogen) atoms. The maximum Gasteiger partial charge on any atom is 0.193 e. The summed E-state index contributed by atoms with van der Waals surface area (Å²) in [6, 6.07) is 10.9. The van der Waals surface area contributed by atoms with Crippen molar-refractivity contribution >= 4 is 46.4 Å². The lowest BCUT2D eigenvalue weighted by Gasteiger charge is -2.37. The van der Waals surface area contributed by atoms with E-state index < -0.39 is 0 Å². The van der Waals surface area contributed by atoms with Crippen LogP contribution in [0.2, 0.25) is 15.1 Å². The van der Waals surface area contributed by atoms with Crippen LogP contribution in [-0.2, 0) is 10.2 Å². The molecule has 150 valence electrons. The zero-order valence-electron chi connectivity index (χ0n) is 15.5. The summed E-state index contributed by atoms with van der Waals surface area (Å²) in [7, 11) is 1.57. The first kappa shape index (κ1) is 21.1. The van der Waals surface area contributed by atoms with Crippen molar-refractivity contribution in [2.45, 2.75) is 18.3 Å². The fraction of sp³-hybridized carbons (Fsp3) is 0.350. The number of benzene rings is 2. The van der Waals surface area contributed by atoms with Crippen molar-refractivity contribution in [2.24, 2.45) is 10.7 Å². The summed E-state index contributed by atoms with van der Waals surface area (Å²) in [5.74, 6) is 0.901. The van der Waals surface area contributed by atoms with Crippen LogP contribution in [0.3, 0.4) is 0 Å². The lowest BCUT2D eigenvalue weighted by molar-refractivity contribution is 0.0532. The van der Waals surface area contributed by atoms with Gasteiger partial charge in [-0.25, -0.2) is 0 Å². The van der Waals surface area contributed by atoms with E-state index >= 15 is 0 Å². The Morgan fingerprint density at radius 1 is 1.14 bits per heavy atom. The van der Waals surface area contributed by atoms with Gasteiger partial charge in [-0.2, -0.15) is 0 Å². The first-order valence-electron chi connectivity index (χ1n) is 8.87. The van der Waals surface area contributed by atoms with Gasteiger partial charge in [-0.3, -0.25) is 4.99 Å². The Kier molecular flexibility index (Phi) is 6.94. The van der Waals surface area contributed by atoms with Crippen LogP contribution in [0.15, 0.2) is 41.4 Å². The fourth-order valence-corrected chi connectivity index (χ4v) is 4.23. The Morgan fingerprint density at radius 2 is 1.89 bits per heavy atom. The Hall–Kier alpha value is -1.66. The minimum atomic E-state index is -0.246. The van der Waals surface area contributed by atoms with Crippen molar-refractivity contribution in [3.63, 3.8) is 0 Å². The van der Waals surface area contributed by atoms with Crippen LogP contribution in [0, 0.1) is 0 Å². The van der Waals surface area contributed by atoms with E-state index in [1.165, 1.54) is 0 Å². The van der Waals surface area contributed by atoms with Gasteiger partial charge < -0.3 is 20.5 Å². The van der Waals surface area contributed by atoms with Gasteiger partial charge in [0.1, 0.15) is 5.75 Å². The van der Waals surface area contributed by atoms with Gasteiger partial charge >= 0.3 is 0 Å². The minimum Gasteiger partial charge on any atom is -0.495 e. The second-order valence-corrected chi connectivity index (χ2v) is 7.94. The van der Waals surface area contributed by atoms with Gasteiger partial charge in [0, 0.05) is 34.4 Å². The molecule has 0 bridgehead atoms. The number of nitrogens with one attached hydrogen (secondary N) is 1. The van der Waals surface area contributed by atoms with E-state index in [1.54, 1.807) is 25.3 Å². The van der Waals surface area contributed by atoms with Crippen LogP contribution in [0.4, 0.5) is 5.69 Å². The third-order valence-corrected chi connectivity index (χ3v) is 5.77. The van der Waals surface area contributed by atoms with Crippen LogP contribution < -0.4 is 15.8 Å². The summed E-state index contributed by atoms with van der Waals surface area (Å²) in [6.07, 6.45) is 1.61. The fourth-order valence-electron chi connectivity index (χ4n) is 3.36. The molecule has 0 atom stereocenters. The topological polar surface area (TPSA) is 68.9 Å². The summed E-state index contributed by atoms with van der Waals surface area (Å²) in [4.78, 5) is 4.59. The lowest BCUT2D eigenvalue weighted by atomic mass is 9.74. The number of hydrogen-bond donors (Lipinski definition) is 2. The average molecular weight is 443 g/mol. The van der Waals surface area contributed by atoms with E-state index in [4.69, 9.17) is 50.0 Å². The molecule has 2 aromatic carbocycles. The Balaban J connectivity index is 1.80. The maximum atomic E-state index is 6.50. The number of rotatable bonds is 5. The van der Waals surface area contributed by atoms with E-state index in [0.717, 1.165) is 24.1 Å². The molecule has 0 spiro atoms. The molecule has 1 heterocycles. The van der Waals surface area contributed by atoms with Crippen LogP contribution in [-0.4, -0.2) is 32.8 Å². The van der Waals surface area contributed by atoms with Gasteiger partial charge in [0.15, 0.2) is 5.96 Å². The van der Waals surface area contributed by atoms with Crippen LogP contribution in [0.1, 0.15) is 18.4 Å². The summed E-state index contributed by atoms with van der Waals surface area (Å²) >= 11 is 18.7. The summed E-state index contributed by atoms with van der Waals surface area (Å²) in [6.45, 7) is 1.78. The highest BCUT2D eigenvalue weighted by molar-refractivity contribution is 6.35. The molecule has 2 aromatic rings. The summed E-state index contributed by atoms with van der Waals surface area (Å²) < 4.78 is 10.7. The molecular weight excluding hydrogens is 421 g/mol. The van der Waals surface area contributed by atoms with Crippen LogP contribution in [0.5, 0.6) is 5.75 Å². The van der Waals surface area contributed by atoms with Gasteiger partial charge in [-0.1, -0.05) is 40.9 Å². The number of aliphatic imine (C=N–C) groups is 1. The first-order chi connectivity index (χ1) is 13.4. The second-order valence-electron chi connectivity index (χ2n) is 6.69. The summed E-state index contributed by atoms with van der Waals surface area (Å²) in [5.41, 5.74) is 7.63. The molecule has 0 aromatic heterocycles. The number of nitrogens with zero attached hydrogens (tertiary/aromatic N) is 1. The number of ether oxygens (including phenoxy) is 2. The normalized spacial score (nSPS) is 16.6. The minimum absolute atomic E-state index is 0.246. The highest BCUT2D eigenvalue weighted by Crippen LogP contribution is 2.40. The van der Waals surface area contributed by atoms with E-state index in [2.05, 4.69) is 10.3 Å². The van der Waals surface area contributed by atoms with Gasteiger partial charge in [0.25, 0.3) is 0 Å². The molecule has 3 N–H and O–H groups in total. The molecular formula is C20H22Cl3N3O2. The predicted octanol–water partition coefficient (Wildman–Crippen LogP) is 5.13. The second kappa shape index (κ2) is 9.23. The zero-order valence-corrected chi connectivity index (χ0v) is 17.7. The molecule has 5 nitrogen and oxygen atoms in total. The largest absolute Gasteiger partial charge is 0.495 e. The van der Waals surface area contributed by atoms with Gasteiger partial charge in [0.2, 0.25) is 0 Å². The predicted molar refractivity (Wildman–Crippen MR) is 116 cm³/mol. The average Bonchev–Trinajstić information content (AvgIpc) is 2.67. The maximum absolute atomic E-state index is 6.50. The van der Waals surface area contributed by atoms with Crippen molar-refractivity contribution in [3.8, 4) is 5.75 Å². The molecule has 0 saturated carbocycles. The molecule has 8 heteroatoms. The van der Waals surface area contributed by atoms with Crippen molar-refractivity contribution in [1.29, 1.82) is 0 Å². The zero-order chi connectivity index (χ0) is 20.1. The Morgan fingerprint density at radius 3 is 2.54 bits per heavy atom. The quantitative estimate of drug-likeness (QED) is 0.497.